The van der Waals surface area contributed by atoms with E-state index in [1.54, 1.807) is 0 Å². The molecule has 0 amide bonds. The summed E-state index contributed by atoms with van der Waals surface area (Å²) < 4.78 is 2.38. The van der Waals surface area contributed by atoms with E-state index in [-0.39, 0.29) is 0 Å². The van der Waals surface area contributed by atoms with Gasteiger partial charge in [0.2, 0.25) is 0 Å². The molecule has 50 heavy (non-hydrogen) atoms. The summed E-state index contributed by atoms with van der Waals surface area (Å²) in [6.45, 7) is 0. The SMILES string of the molecule is c1ccc(N(c2ccc3c(c2)c2ccccc2n3-c2ccccc2)c2c3ccccc3c(-c3ccc4ccccc4c3)c3ccccc23)cc1. The highest BCUT2D eigenvalue weighted by Crippen LogP contribution is 2.49. The average Bonchev–Trinajstić information content (AvgIpc) is 3.52. The van der Waals surface area contributed by atoms with Gasteiger partial charge in [0.1, 0.15) is 0 Å². The first-order valence-corrected chi connectivity index (χ1v) is 17.2. The van der Waals surface area contributed by atoms with E-state index in [1.807, 2.05) is 0 Å². The van der Waals surface area contributed by atoms with Crippen molar-refractivity contribution in [3.8, 4) is 16.8 Å². The molecule has 0 fully saturated rings. The van der Waals surface area contributed by atoms with Crippen molar-refractivity contribution in [2.75, 3.05) is 4.90 Å². The predicted molar refractivity (Wildman–Crippen MR) is 213 cm³/mol. The number of hydrogen-bond donors (Lipinski definition) is 0. The molecule has 0 saturated carbocycles. The largest absolute Gasteiger partial charge is 0.309 e. The summed E-state index contributed by atoms with van der Waals surface area (Å²) in [6, 6.07) is 70.5. The van der Waals surface area contributed by atoms with Crippen LogP contribution in [0.3, 0.4) is 0 Å². The van der Waals surface area contributed by atoms with Gasteiger partial charge in [0.15, 0.2) is 0 Å². The second kappa shape index (κ2) is 11.5. The molecule has 9 aromatic carbocycles. The molecule has 0 bridgehead atoms. The molecule has 10 rings (SSSR count). The summed E-state index contributed by atoms with van der Waals surface area (Å²) in [4.78, 5) is 2.46. The topological polar surface area (TPSA) is 8.17 Å². The van der Waals surface area contributed by atoms with Crippen LogP contribution in [-0.2, 0) is 0 Å². The number of hydrogen-bond acceptors (Lipinski definition) is 1. The van der Waals surface area contributed by atoms with E-state index < -0.39 is 0 Å². The van der Waals surface area contributed by atoms with Crippen LogP contribution in [0.25, 0.3) is 70.9 Å². The minimum atomic E-state index is 1.12. The van der Waals surface area contributed by atoms with E-state index in [0.717, 1.165) is 17.1 Å². The van der Waals surface area contributed by atoms with Gasteiger partial charge in [-0.15, -0.1) is 0 Å². The van der Waals surface area contributed by atoms with Gasteiger partial charge in [-0.05, 0) is 87.3 Å². The zero-order valence-electron chi connectivity index (χ0n) is 27.4. The van der Waals surface area contributed by atoms with E-state index in [0.29, 0.717) is 0 Å². The molecule has 0 spiro atoms. The van der Waals surface area contributed by atoms with Crippen molar-refractivity contribution in [3.63, 3.8) is 0 Å². The smallest absolute Gasteiger partial charge is 0.0618 e. The molecule has 0 aliphatic heterocycles. The Morgan fingerprint density at radius 1 is 0.340 bits per heavy atom. The van der Waals surface area contributed by atoms with Crippen molar-refractivity contribution in [1.82, 2.24) is 4.57 Å². The average molecular weight is 637 g/mol. The monoisotopic (exact) mass is 636 g/mol. The molecule has 234 valence electrons. The van der Waals surface area contributed by atoms with Gasteiger partial charge < -0.3 is 9.47 Å². The van der Waals surface area contributed by atoms with Gasteiger partial charge in [-0.1, -0.05) is 140 Å². The van der Waals surface area contributed by atoms with E-state index in [4.69, 9.17) is 0 Å². The van der Waals surface area contributed by atoms with Crippen LogP contribution in [0.15, 0.2) is 194 Å². The molecule has 0 N–H and O–H groups in total. The first-order valence-electron chi connectivity index (χ1n) is 17.2. The second-order valence-corrected chi connectivity index (χ2v) is 12.9. The molecule has 1 aromatic heterocycles. The molecule has 0 atom stereocenters. The molecule has 0 aliphatic rings. The maximum Gasteiger partial charge on any atom is 0.0618 e. The number of anilines is 3. The van der Waals surface area contributed by atoms with E-state index >= 15 is 0 Å². The summed E-state index contributed by atoms with van der Waals surface area (Å²) in [6.07, 6.45) is 0. The highest BCUT2D eigenvalue weighted by Gasteiger charge is 2.23. The molecule has 1 heterocycles. The Hall–Kier alpha value is -6.64. The van der Waals surface area contributed by atoms with E-state index in [1.165, 1.54) is 70.9 Å². The lowest BCUT2D eigenvalue weighted by Crippen LogP contribution is -2.11. The van der Waals surface area contributed by atoms with Crippen LogP contribution in [0.2, 0.25) is 0 Å². The van der Waals surface area contributed by atoms with Crippen LogP contribution in [0, 0.1) is 0 Å². The zero-order chi connectivity index (χ0) is 33.0. The van der Waals surface area contributed by atoms with Gasteiger partial charge >= 0.3 is 0 Å². The Balaban J connectivity index is 1.28. The molecule has 10 aromatic rings. The third-order valence-corrected chi connectivity index (χ3v) is 10.1. The van der Waals surface area contributed by atoms with Gasteiger partial charge in [-0.25, -0.2) is 0 Å². The van der Waals surface area contributed by atoms with E-state index in [9.17, 15) is 0 Å². The Morgan fingerprint density at radius 2 is 0.900 bits per heavy atom. The van der Waals surface area contributed by atoms with Gasteiger partial charge in [-0.2, -0.15) is 0 Å². The van der Waals surface area contributed by atoms with Crippen LogP contribution in [0.1, 0.15) is 0 Å². The number of para-hydroxylation sites is 3. The van der Waals surface area contributed by atoms with Crippen LogP contribution in [-0.4, -0.2) is 4.57 Å². The van der Waals surface area contributed by atoms with Crippen LogP contribution in [0.5, 0.6) is 0 Å². The fraction of sp³-hybridized carbons (Fsp3) is 0. The van der Waals surface area contributed by atoms with Crippen molar-refractivity contribution in [3.05, 3.63) is 194 Å². The van der Waals surface area contributed by atoms with Gasteiger partial charge in [0, 0.05) is 38.6 Å². The third kappa shape index (κ3) is 4.43. The fourth-order valence-corrected chi connectivity index (χ4v) is 7.94. The molecule has 0 radical (unpaired) electrons. The molecular weight excluding hydrogens is 605 g/mol. The number of fused-ring (bicyclic) bond motifs is 6. The molecule has 2 heteroatoms. The van der Waals surface area contributed by atoms with Crippen molar-refractivity contribution in [2.45, 2.75) is 0 Å². The van der Waals surface area contributed by atoms with Crippen molar-refractivity contribution in [1.29, 1.82) is 0 Å². The maximum absolute atomic E-state index is 2.46. The minimum Gasteiger partial charge on any atom is -0.309 e. The van der Waals surface area contributed by atoms with Crippen molar-refractivity contribution in [2.24, 2.45) is 0 Å². The van der Waals surface area contributed by atoms with Gasteiger partial charge in [0.05, 0.1) is 16.7 Å². The molecule has 0 saturated heterocycles. The van der Waals surface area contributed by atoms with Crippen LogP contribution >= 0.6 is 0 Å². The minimum absolute atomic E-state index is 1.12. The predicted octanol–water partition coefficient (Wildman–Crippen LogP) is 13.4. The van der Waals surface area contributed by atoms with Gasteiger partial charge in [0.25, 0.3) is 0 Å². The van der Waals surface area contributed by atoms with E-state index in [2.05, 4.69) is 204 Å². The Morgan fingerprint density at radius 3 is 1.62 bits per heavy atom. The summed E-state index contributed by atoms with van der Waals surface area (Å²) >= 11 is 0. The Kier molecular flexibility index (Phi) is 6.53. The maximum atomic E-state index is 2.46. The summed E-state index contributed by atoms with van der Waals surface area (Å²) in [7, 11) is 0. The fourth-order valence-electron chi connectivity index (χ4n) is 7.94. The van der Waals surface area contributed by atoms with Crippen LogP contribution in [0.4, 0.5) is 17.1 Å². The van der Waals surface area contributed by atoms with Crippen LogP contribution < -0.4 is 4.90 Å². The highest BCUT2D eigenvalue weighted by molar-refractivity contribution is 6.23. The number of aromatic nitrogens is 1. The quantitative estimate of drug-likeness (QED) is 0.171. The number of nitrogens with zero attached hydrogens (tertiary/aromatic N) is 2. The lowest BCUT2D eigenvalue weighted by Gasteiger charge is -2.29. The lowest BCUT2D eigenvalue weighted by atomic mass is 9.89. The third-order valence-electron chi connectivity index (χ3n) is 10.1. The normalized spacial score (nSPS) is 11.6. The summed E-state index contributed by atoms with van der Waals surface area (Å²) in [5.41, 5.74) is 9.46. The number of rotatable bonds is 5. The zero-order valence-corrected chi connectivity index (χ0v) is 27.4. The van der Waals surface area contributed by atoms with Gasteiger partial charge in [-0.3, -0.25) is 0 Å². The Bertz CT molecular complexity index is 2810. The Labute approximate surface area is 290 Å². The summed E-state index contributed by atoms with van der Waals surface area (Å²) in [5.74, 6) is 0. The second-order valence-electron chi connectivity index (χ2n) is 12.9. The van der Waals surface area contributed by atoms with Crippen molar-refractivity contribution >= 4 is 71.2 Å². The highest BCUT2D eigenvalue weighted by atomic mass is 15.1. The molecule has 0 unspecified atom stereocenters. The molecular formula is C48H32N2. The first kappa shape index (κ1) is 28.4. The summed E-state index contributed by atoms with van der Waals surface area (Å²) in [5, 5.41) is 9.86. The molecule has 2 nitrogen and oxygen atoms in total. The first-order chi connectivity index (χ1) is 24.8. The standard InChI is InChI=1S/C48H32N2/c1-3-17-36(18-4-1)49(38-29-30-46-44(32-38)39-21-13-14-26-45(39)50(46)37-19-5-2-6-20-37)48-42-24-11-9-22-40(42)47(41-23-10-12-25-43(41)48)35-28-27-33-15-7-8-16-34(33)31-35/h1-32H. The number of benzene rings is 9. The molecule has 0 aliphatic carbocycles. The lowest BCUT2D eigenvalue weighted by molar-refractivity contribution is 1.18. The van der Waals surface area contributed by atoms with Crippen molar-refractivity contribution < 1.29 is 0 Å².